The molecule has 3 aromatic rings. The molecule has 9 heteroatoms. The van der Waals surface area contributed by atoms with E-state index in [1.807, 2.05) is 35.2 Å². The van der Waals surface area contributed by atoms with Crippen LogP contribution in [0.4, 0.5) is 10.1 Å². The van der Waals surface area contributed by atoms with Crippen molar-refractivity contribution in [3.8, 4) is 0 Å². The molecular weight excluding hydrogens is 533 g/mol. The number of sulfonamides is 1. The first kappa shape index (κ1) is 25.3. The number of hydrogen-bond acceptors (Lipinski definition) is 4. The summed E-state index contributed by atoms with van der Waals surface area (Å²) in [5, 5.41) is 0. The van der Waals surface area contributed by atoms with Crippen LogP contribution in [-0.2, 0) is 21.2 Å². The molecule has 1 saturated heterocycles. The van der Waals surface area contributed by atoms with E-state index in [9.17, 15) is 17.6 Å². The number of piperazine rings is 1. The Morgan fingerprint density at radius 2 is 1.51 bits per heavy atom. The quantitative estimate of drug-likeness (QED) is 0.415. The van der Waals surface area contributed by atoms with Crippen molar-refractivity contribution in [2.45, 2.75) is 11.3 Å². The topological polar surface area (TPSA) is 60.9 Å². The van der Waals surface area contributed by atoms with Gasteiger partial charge < -0.3 is 9.80 Å². The van der Waals surface area contributed by atoms with Gasteiger partial charge in [0, 0.05) is 37.2 Å². The van der Waals surface area contributed by atoms with E-state index in [0.29, 0.717) is 38.3 Å². The second-order valence-corrected chi connectivity index (χ2v) is 11.2. The fraction of sp³-hybridized carbons (Fsp3) is 0.269. The largest absolute Gasteiger partial charge is 0.366 e. The van der Waals surface area contributed by atoms with Gasteiger partial charge in [0.05, 0.1) is 17.1 Å². The van der Waals surface area contributed by atoms with Gasteiger partial charge in [0.2, 0.25) is 15.9 Å². The molecule has 0 saturated carbocycles. The van der Waals surface area contributed by atoms with Crippen LogP contribution >= 0.6 is 15.9 Å². The smallest absolute Gasteiger partial charge is 0.243 e. The molecule has 1 amide bonds. The normalized spacial score (nSPS) is 14.4. The highest BCUT2D eigenvalue weighted by Gasteiger charge is 2.30. The van der Waals surface area contributed by atoms with Crippen LogP contribution in [0.2, 0.25) is 0 Å². The maximum absolute atomic E-state index is 14.1. The summed E-state index contributed by atoms with van der Waals surface area (Å²) in [6, 6.07) is 22.6. The van der Waals surface area contributed by atoms with E-state index in [1.165, 1.54) is 22.5 Å². The van der Waals surface area contributed by atoms with E-state index in [0.717, 1.165) is 10.0 Å². The predicted molar refractivity (Wildman–Crippen MR) is 138 cm³/mol. The number of carbonyl (C=O) groups is 1. The van der Waals surface area contributed by atoms with Crippen LogP contribution in [0, 0.1) is 5.82 Å². The number of benzene rings is 3. The van der Waals surface area contributed by atoms with Crippen molar-refractivity contribution >= 4 is 37.5 Å². The van der Waals surface area contributed by atoms with Crippen molar-refractivity contribution < 1.29 is 17.6 Å². The fourth-order valence-corrected chi connectivity index (χ4v) is 5.75. The van der Waals surface area contributed by atoms with Gasteiger partial charge in [-0.2, -0.15) is 4.31 Å². The Morgan fingerprint density at radius 3 is 2.17 bits per heavy atom. The molecule has 1 heterocycles. The van der Waals surface area contributed by atoms with Crippen LogP contribution in [0.1, 0.15) is 5.56 Å². The Kier molecular flexibility index (Phi) is 8.20. The molecule has 3 aromatic carbocycles. The summed E-state index contributed by atoms with van der Waals surface area (Å²) in [6.45, 7) is 1.70. The number of nitrogens with zero attached hydrogens (tertiary/aromatic N) is 3. The third-order valence-corrected chi connectivity index (χ3v) is 8.47. The van der Waals surface area contributed by atoms with Gasteiger partial charge in [-0.1, -0.05) is 58.4 Å². The molecule has 35 heavy (non-hydrogen) atoms. The minimum absolute atomic E-state index is 0.144. The second kappa shape index (κ2) is 11.3. The molecule has 0 aliphatic carbocycles. The highest BCUT2D eigenvalue weighted by Crippen LogP contribution is 2.22. The van der Waals surface area contributed by atoms with Gasteiger partial charge in [0.15, 0.2) is 0 Å². The highest BCUT2D eigenvalue weighted by molar-refractivity contribution is 9.10. The molecule has 184 valence electrons. The number of para-hydroxylation sites is 1. The lowest BCUT2D eigenvalue weighted by atomic mass is 10.1. The molecular formula is C26H27BrFN3O3S. The number of anilines is 1. The number of halogens is 2. The summed E-state index contributed by atoms with van der Waals surface area (Å²) in [5.41, 5.74) is 1.51. The Hall–Kier alpha value is -2.75. The van der Waals surface area contributed by atoms with Crippen molar-refractivity contribution in [1.82, 2.24) is 9.21 Å². The maximum Gasteiger partial charge on any atom is 0.243 e. The van der Waals surface area contributed by atoms with Gasteiger partial charge in [-0.15, -0.1) is 0 Å². The Labute approximate surface area is 214 Å². The molecule has 0 aromatic heterocycles. The average Bonchev–Trinajstić information content (AvgIpc) is 2.87. The molecule has 1 aliphatic heterocycles. The summed E-state index contributed by atoms with van der Waals surface area (Å²) in [6.07, 6.45) is 0.491. The van der Waals surface area contributed by atoms with Crippen LogP contribution in [0.3, 0.4) is 0 Å². The second-order valence-electron chi connectivity index (χ2n) is 8.35. The van der Waals surface area contributed by atoms with Crippen molar-refractivity contribution in [1.29, 1.82) is 0 Å². The minimum atomic E-state index is -3.88. The number of carbonyl (C=O) groups excluding carboxylic acids is 1. The zero-order chi connectivity index (χ0) is 24.8. The van der Waals surface area contributed by atoms with E-state index < -0.39 is 10.0 Å². The summed E-state index contributed by atoms with van der Waals surface area (Å²) >= 11 is 3.33. The van der Waals surface area contributed by atoms with Crippen molar-refractivity contribution in [2.24, 2.45) is 0 Å². The van der Waals surface area contributed by atoms with Gasteiger partial charge in [-0.05, 0) is 48.4 Å². The van der Waals surface area contributed by atoms with E-state index >= 15 is 0 Å². The number of rotatable bonds is 8. The molecule has 0 unspecified atom stereocenters. The van der Waals surface area contributed by atoms with E-state index in [-0.39, 0.29) is 29.7 Å². The standard InChI is InChI=1S/C26H27BrFN3O3S/c27-22-10-12-23(13-11-22)35(33,34)31(15-14-21-6-2-1-3-7-21)20-26(32)30-18-16-29(17-19-30)25-9-5-4-8-24(25)28/h1-13H,14-20H2. The minimum Gasteiger partial charge on any atom is -0.366 e. The molecule has 6 nitrogen and oxygen atoms in total. The predicted octanol–water partition coefficient (Wildman–Crippen LogP) is 4.17. The highest BCUT2D eigenvalue weighted by atomic mass is 79.9. The lowest BCUT2D eigenvalue weighted by Gasteiger charge is -2.37. The van der Waals surface area contributed by atoms with Gasteiger partial charge in [0.1, 0.15) is 5.82 Å². The van der Waals surface area contributed by atoms with Crippen LogP contribution in [-0.4, -0.2) is 62.8 Å². The first-order valence-electron chi connectivity index (χ1n) is 11.4. The molecule has 0 spiro atoms. The van der Waals surface area contributed by atoms with Gasteiger partial charge >= 0.3 is 0 Å². The molecule has 0 bridgehead atoms. The zero-order valence-corrected chi connectivity index (χ0v) is 21.6. The van der Waals surface area contributed by atoms with Crippen LogP contribution in [0.25, 0.3) is 0 Å². The Balaban J connectivity index is 1.46. The van der Waals surface area contributed by atoms with Crippen molar-refractivity contribution in [2.75, 3.05) is 44.2 Å². The molecule has 0 atom stereocenters. The fourth-order valence-electron chi connectivity index (χ4n) is 4.09. The molecule has 1 fully saturated rings. The van der Waals surface area contributed by atoms with Gasteiger partial charge in [0.25, 0.3) is 0 Å². The summed E-state index contributed by atoms with van der Waals surface area (Å²) in [4.78, 5) is 16.9. The maximum atomic E-state index is 14.1. The molecule has 4 rings (SSSR count). The monoisotopic (exact) mass is 559 g/mol. The summed E-state index contributed by atoms with van der Waals surface area (Å²) in [7, 11) is -3.88. The van der Waals surface area contributed by atoms with Crippen molar-refractivity contribution in [3.05, 3.63) is 94.7 Å². The lowest BCUT2D eigenvalue weighted by Crippen LogP contribution is -2.52. The van der Waals surface area contributed by atoms with Crippen LogP contribution in [0.15, 0.2) is 88.2 Å². The van der Waals surface area contributed by atoms with Crippen LogP contribution in [0.5, 0.6) is 0 Å². The molecule has 0 N–H and O–H groups in total. The van der Waals surface area contributed by atoms with Crippen LogP contribution < -0.4 is 4.90 Å². The SMILES string of the molecule is O=C(CN(CCc1ccccc1)S(=O)(=O)c1ccc(Br)cc1)N1CCN(c2ccccc2F)CC1. The summed E-state index contributed by atoms with van der Waals surface area (Å²) in [5.74, 6) is -0.549. The molecule has 0 radical (unpaired) electrons. The Morgan fingerprint density at radius 1 is 0.886 bits per heavy atom. The van der Waals surface area contributed by atoms with Gasteiger partial charge in [-0.3, -0.25) is 4.79 Å². The lowest BCUT2D eigenvalue weighted by molar-refractivity contribution is -0.131. The summed E-state index contributed by atoms with van der Waals surface area (Å²) < 4.78 is 43.1. The number of amides is 1. The first-order chi connectivity index (χ1) is 16.8. The first-order valence-corrected chi connectivity index (χ1v) is 13.6. The zero-order valence-electron chi connectivity index (χ0n) is 19.2. The van der Waals surface area contributed by atoms with Crippen molar-refractivity contribution in [3.63, 3.8) is 0 Å². The molecule has 1 aliphatic rings. The van der Waals surface area contributed by atoms with E-state index in [2.05, 4.69) is 15.9 Å². The van der Waals surface area contributed by atoms with E-state index in [1.54, 1.807) is 35.2 Å². The average molecular weight is 560 g/mol. The van der Waals surface area contributed by atoms with Gasteiger partial charge in [-0.25, -0.2) is 12.8 Å². The third-order valence-electron chi connectivity index (χ3n) is 6.08. The third kappa shape index (κ3) is 6.28. The number of hydrogen-bond donors (Lipinski definition) is 0. The Bertz CT molecular complexity index is 1250. The van der Waals surface area contributed by atoms with E-state index in [4.69, 9.17) is 0 Å².